The summed E-state index contributed by atoms with van der Waals surface area (Å²) in [7, 11) is 0. The summed E-state index contributed by atoms with van der Waals surface area (Å²) in [6.45, 7) is 4.08. The van der Waals surface area contributed by atoms with Crippen LogP contribution in [0.1, 0.15) is 12.0 Å². The van der Waals surface area contributed by atoms with Gasteiger partial charge in [0.25, 0.3) is 0 Å². The second-order valence-corrected chi connectivity index (χ2v) is 5.14. The van der Waals surface area contributed by atoms with E-state index in [0.29, 0.717) is 19.4 Å². The maximum absolute atomic E-state index is 12.2. The molecule has 0 bridgehead atoms. The standard InChI is InChI=1S/C15H23N3O2.ClH/c16-14-4-2-1-3-13(14)5-6-15(20)18-9-7-17(8-10-18)11-12-19;/h1-4,19H,5-12,16H2;1H. The number of hydrogen-bond donors (Lipinski definition) is 2. The van der Waals surface area contributed by atoms with Gasteiger partial charge in [-0.05, 0) is 18.1 Å². The molecule has 5 nitrogen and oxygen atoms in total. The van der Waals surface area contributed by atoms with Gasteiger partial charge in [-0.1, -0.05) is 18.2 Å². The highest BCUT2D eigenvalue weighted by Gasteiger charge is 2.20. The number of carbonyl (C=O) groups is 1. The SMILES string of the molecule is Cl.Nc1ccccc1CCC(=O)N1CCN(CCO)CC1. The number of benzene rings is 1. The molecule has 21 heavy (non-hydrogen) atoms. The number of nitrogens with zero attached hydrogens (tertiary/aromatic N) is 2. The maximum atomic E-state index is 12.2. The first kappa shape index (κ1) is 17.8. The minimum atomic E-state index is 0. The van der Waals surface area contributed by atoms with E-state index in [1.54, 1.807) is 0 Å². The van der Waals surface area contributed by atoms with Gasteiger partial charge in [-0.25, -0.2) is 0 Å². The van der Waals surface area contributed by atoms with Crippen molar-refractivity contribution >= 4 is 24.0 Å². The first-order chi connectivity index (χ1) is 9.70. The highest BCUT2D eigenvalue weighted by molar-refractivity contribution is 5.85. The normalized spacial score (nSPS) is 15.6. The minimum Gasteiger partial charge on any atom is -0.399 e. The second-order valence-electron chi connectivity index (χ2n) is 5.14. The molecule has 0 atom stereocenters. The number of para-hydroxylation sites is 1. The molecule has 1 aromatic carbocycles. The van der Waals surface area contributed by atoms with Crippen LogP contribution in [-0.2, 0) is 11.2 Å². The van der Waals surface area contributed by atoms with E-state index in [0.717, 1.165) is 37.4 Å². The molecular formula is C15H24ClN3O2. The van der Waals surface area contributed by atoms with Crippen LogP contribution in [0.3, 0.4) is 0 Å². The van der Waals surface area contributed by atoms with Gasteiger partial charge in [-0.3, -0.25) is 9.69 Å². The molecule has 1 aliphatic heterocycles. The fraction of sp³-hybridized carbons (Fsp3) is 0.533. The van der Waals surface area contributed by atoms with Crippen LogP contribution in [0.25, 0.3) is 0 Å². The summed E-state index contributed by atoms with van der Waals surface area (Å²) in [6.07, 6.45) is 1.20. The van der Waals surface area contributed by atoms with Crippen molar-refractivity contribution in [1.29, 1.82) is 0 Å². The van der Waals surface area contributed by atoms with Crippen molar-refractivity contribution in [3.63, 3.8) is 0 Å². The molecule has 1 saturated heterocycles. The fourth-order valence-corrected chi connectivity index (χ4v) is 2.52. The van der Waals surface area contributed by atoms with E-state index in [1.807, 2.05) is 29.2 Å². The van der Waals surface area contributed by atoms with Crippen molar-refractivity contribution in [3.05, 3.63) is 29.8 Å². The molecule has 118 valence electrons. The molecule has 1 amide bonds. The number of carbonyl (C=O) groups excluding carboxylic acids is 1. The van der Waals surface area contributed by atoms with E-state index in [1.165, 1.54) is 0 Å². The third kappa shape index (κ3) is 5.19. The van der Waals surface area contributed by atoms with Crippen molar-refractivity contribution in [2.45, 2.75) is 12.8 Å². The average molecular weight is 314 g/mol. The molecular weight excluding hydrogens is 290 g/mol. The average Bonchev–Trinajstić information content (AvgIpc) is 2.47. The van der Waals surface area contributed by atoms with Gasteiger partial charge < -0.3 is 15.7 Å². The maximum Gasteiger partial charge on any atom is 0.222 e. The monoisotopic (exact) mass is 313 g/mol. The lowest BCUT2D eigenvalue weighted by Gasteiger charge is -2.34. The summed E-state index contributed by atoms with van der Waals surface area (Å²) in [5.74, 6) is 0.192. The summed E-state index contributed by atoms with van der Waals surface area (Å²) < 4.78 is 0. The van der Waals surface area contributed by atoms with Crippen LogP contribution in [0.4, 0.5) is 5.69 Å². The third-order valence-electron chi connectivity index (χ3n) is 3.80. The topological polar surface area (TPSA) is 69.8 Å². The Kier molecular flexibility index (Phi) is 7.50. The van der Waals surface area contributed by atoms with E-state index in [-0.39, 0.29) is 24.9 Å². The first-order valence-corrected chi connectivity index (χ1v) is 7.15. The Labute approximate surface area is 132 Å². The van der Waals surface area contributed by atoms with Gasteiger partial charge >= 0.3 is 0 Å². The lowest BCUT2D eigenvalue weighted by molar-refractivity contribution is -0.132. The van der Waals surface area contributed by atoms with Gasteiger partial charge in [0.2, 0.25) is 5.91 Å². The number of nitrogen functional groups attached to an aromatic ring is 1. The van der Waals surface area contributed by atoms with Crippen LogP contribution in [-0.4, -0.2) is 60.1 Å². The lowest BCUT2D eigenvalue weighted by atomic mass is 10.1. The predicted molar refractivity (Wildman–Crippen MR) is 86.5 cm³/mol. The second kappa shape index (κ2) is 8.87. The Bertz CT molecular complexity index is 448. The number of β-amino-alcohol motifs (C(OH)–C–C–N with tert-alkyl or cyclic N) is 1. The smallest absolute Gasteiger partial charge is 0.222 e. The van der Waals surface area contributed by atoms with Gasteiger partial charge in [0.05, 0.1) is 6.61 Å². The Morgan fingerprint density at radius 3 is 2.48 bits per heavy atom. The molecule has 0 aliphatic carbocycles. The third-order valence-corrected chi connectivity index (χ3v) is 3.80. The number of aliphatic hydroxyl groups excluding tert-OH is 1. The Hall–Kier alpha value is -1.30. The van der Waals surface area contributed by atoms with Gasteiger partial charge in [0.15, 0.2) is 0 Å². The molecule has 0 saturated carbocycles. The Morgan fingerprint density at radius 1 is 1.19 bits per heavy atom. The number of piperazine rings is 1. The highest BCUT2D eigenvalue weighted by Crippen LogP contribution is 2.14. The number of amides is 1. The zero-order valence-corrected chi connectivity index (χ0v) is 13.0. The van der Waals surface area contributed by atoms with Crippen LogP contribution in [0.2, 0.25) is 0 Å². The van der Waals surface area contributed by atoms with E-state index in [9.17, 15) is 4.79 Å². The molecule has 3 N–H and O–H groups in total. The first-order valence-electron chi connectivity index (χ1n) is 7.15. The summed E-state index contributed by atoms with van der Waals surface area (Å²) in [5, 5.41) is 8.90. The molecule has 1 heterocycles. The largest absolute Gasteiger partial charge is 0.399 e. The van der Waals surface area contributed by atoms with Crippen molar-refractivity contribution in [1.82, 2.24) is 9.80 Å². The summed E-state index contributed by atoms with van der Waals surface area (Å²) in [4.78, 5) is 16.3. The van der Waals surface area contributed by atoms with Crippen LogP contribution >= 0.6 is 12.4 Å². The van der Waals surface area contributed by atoms with Gasteiger partial charge in [0.1, 0.15) is 0 Å². The predicted octanol–water partition coefficient (Wildman–Crippen LogP) is 0.760. The Balaban J connectivity index is 0.00000220. The molecule has 0 radical (unpaired) electrons. The molecule has 6 heteroatoms. The van der Waals surface area contributed by atoms with Gasteiger partial charge in [0, 0.05) is 44.8 Å². The molecule has 0 unspecified atom stereocenters. The minimum absolute atomic E-state index is 0. The summed E-state index contributed by atoms with van der Waals surface area (Å²) in [5.41, 5.74) is 7.68. The van der Waals surface area contributed by atoms with Crippen molar-refractivity contribution < 1.29 is 9.90 Å². The molecule has 1 aromatic rings. The summed E-state index contributed by atoms with van der Waals surface area (Å²) >= 11 is 0. The van der Waals surface area contributed by atoms with Gasteiger partial charge in [-0.2, -0.15) is 0 Å². The van der Waals surface area contributed by atoms with Crippen molar-refractivity contribution in [2.75, 3.05) is 45.1 Å². The van der Waals surface area contributed by atoms with E-state index < -0.39 is 0 Å². The number of nitrogens with two attached hydrogens (primary N) is 1. The van der Waals surface area contributed by atoms with Crippen LogP contribution in [0.15, 0.2) is 24.3 Å². The highest BCUT2D eigenvalue weighted by atomic mass is 35.5. The molecule has 1 fully saturated rings. The molecule has 1 aliphatic rings. The van der Waals surface area contributed by atoms with Crippen LogP contribution in [0, 0.1) is 0 Å². The number of hydrogen-bond acceptors (Lipinski definition) is 4. The number of halogens is 1. The number of aliphatic hydroxyl groups is 1. The fourth-order valence-electron chi connectivity index (χ4n) is 2.52. The van der Waals surface area contributed by atoms with Crippen molar-refractivity contribution in [3.8, 4) is 0 Å². The summed E-state index contributed by atoms with van der Waals surface area (Å²) in [6, 6.07) is 7.69. The van der Waals surface area contributed by atoms with Crippen LogP contribution in [0.5, 0.6) is 0 Å². The van der Waals surface area contributed by atoms with Gasteiger partial charge in [-0.15, -0.1) is 12.4 Å². The van der Waals surface area contributed by atoms with E-state index >= 15 is 0 Å². The lowest BCUT2D eigenvalue weighted by Crippen LogP contribution is -2.49. The number of rotatable bonds is 5. The number of aryl methyl sites for hydroxylation is 1. The molecule has 0 spiro atoms. The van der Waals surface area contributed by atoms with E-state index in [4.69, 9.17) is 10.8 Å². The van der Waals surface area contributed by atoms with Crippen LogP contribution < -0.4 is 5.73 Å². The Morgan fingerprint density at radius 2 is 1.86 bits per heavy atom. The quantitative estimate of drug-likeness (QED) is 0.788. The molecule has 0 aromatic heterocycles. The molecule has 2 rings (SSSR count). The zero-order valence-electron chi connectivity index (χ0n) is 12.2. The van der Waals surface area contributed by atoms with E-state index in [2.05, 4.69) is 4.90 Å². The zero-order chi connectivity index (χ0) is 14.4. The number of anilines is 1. The van der Waals surface area contributed by atoms with Crippen molar-refractivity contribution in [2.24, 2.45) is 0 Å².